The Morgan fingerprint density at radius 1 is 1.36 bits per heavy atom. The first kappa shape index (κ1) is 8.75. The molecule has 60 valence electrons. The van der Waals surface area contributed by atoms with Crippen LogP contribution in [0.4, 0.5) is 0 Å². The molecule has 0 amide bonds. The van der Waals surface area contributed by atoms with Gasteiger partial charge in [-0.3, -0.25) is 0 Å². The standard InChI is InChI=1S/C9H12BrN/c1-8-4-2-3-5-9(8)6-11-7-10/h2-5,11H,6-7H2,1H3. The smallest absolute Gasteiger partial charge is 0.0519 e. The number of alkyl halides is 1. The van der Waals surface area contributed by atoms with Gasteiger partial charge in [0, 0.05) is 6.54 Å². The second kappa shape index (κ2) is 4.52. The summed E-state index contributed by atoms with van der Waals surface area (Å²) in [5.41, 5.74) is 3.56. The van der Waals surface area contributed by atoms with Crippen LogP contribution in [0.15, 0.2) is 24.3 Å². The van der Waals surface area contributed by atoms with Gasteiger partial charge in [0.1, 0.15) is 0 Å². The Kier molecular flexibility index (Phi) is 3.60. The largest absolute Gasteiger partial charge is 0.303 e. The monoisotopic (exact) mass is 213 g/mol. The second-order valence-corrected chi connectivity index (χ2v) is 3.05. The molecule has 0 unspecified atom stereocenters. The van der Waals surface area contributed by atoms with Gasteiger partial charge < -0.3 is 5.32 Å². The minimum Gasteiger partial charge on any atom is -0.303 e. The molecule has 0 aromatic heterocycles. The maximum absolute atomic E-state index is 3.32. The number of hydrogen-bond acceptors (Lipinski definition) is 1. The van der Waals surface area contributed by atoms with E-state index in [0.29, 0.717) is 0 Å². The molecule has 0 atom stereocenters. The van der Waals surface area contributed by atoms with E-state index in [9.17, 15) is 0 Å². The van der Waals surface area contributed by atoms with E-state index in [0.717, 1.165) is 12.0 Å². The number of benzene rings is 1. The van der Waals surface area contributed by atoms with E-state index in [1.807, 2.05) is 0 Å². The van der Waals surface area contributed by atoms with Crippen molar-refractivity contribution in [3.63, 3.8) is 0 Å². The highest BCUT2D eigenvalue weighted by atomic mass is 79.9. The second-order valence-electron chi connectivity index (χ2n) is 2.49. The SMILES string of the molecule is Cc1ccccc1CNCBr. The lowest BCUT2D eigenvalue weighted by Gasteiger charge is -2.03. The van der Waals surface area contributed by atoms with Crippen LogP contribution in [-0.2, 0) is 6.54 Å². The van der Waals surface area contributed by atoms with Crippen LogP contribution in [0.1, 0.15) is 11.1 Å². The maximum atomic E-state index is 3.32. The van der Waals surface area contributed by atoms with Crippen molar-refractivity contribution in [1.29, 1.82) is 0 Å². The van der Waals surface area contributed by atoms with Crippen LogP contribution in [-0.4, -0.2) is 5.45 Å². The number of rotatable bonds is 3. The molecular weight excluding hydrogens is 202 g/mol. The lowest BCUT2D eigenvalue weighted by atomic mass is 10.1. The molecule has 0 heterocycles. The van der Waals surface area contributed by atoms with E-state index >= 15 is 0 Å². The van der Waals surface area contributed by atoms with Crippen molar-refractivity contribution in [3.05, 3.63) is 35.4 Å². The summed E-state index contributed by atoms with van der Waals surface area (Å²) in [4.78, 5) is 0. The Balaban J connectivity index is 2.62. The van der Waals surface area contributed by atoms with Gasteiger partial charge >= 0.3 is 0 Å². The Morgan fingerprint density at radius 3 is 2.73 bits per heavy atom. The number of halogens is 1. The number of nitrogens with one attached hydrogen (secondary N) is 1. The van der Waals surface area contributed by atoms with Crippen LogP contribution in [0.2, 0.25) is 0 Å². The Morgan fingerprint density at radius 2 is 2.09 bits per heavy atom. The quantitative estimate of drug-likeness (QED) is 0.601. The lowest BCUT2D eigenvalue weighted by molar-refractivity contribution is 0.797. The van der Waals surface area contributed by atoms with Crippen molar-refractivity contribution in [2.45, 2.75) is 13.5 Å². The first-order valence-corrected chi connectivity index (χ1v) is 4.78. The Bertz CT molecular complexity index is 223. The highest BCUT2D eigenvalue weighted by Gasteiger charge is 1.93. The summed E-state index contributed by atoms with van der Waals surface area (Å²) < 4.78 is 0. The zero-order chi connectivity index (χ0) is 8.10. The number of hydrogen-bond donors (Lipinski definition) is 1. The van der Waals surface area contributed by atoms with Gasteiger partial charge in [-0.1, -0.05) is 40.2 Å². The van der Waals surface area contributed by atoms with Crippen molar-refractivity contribution in [2.24, 2.45) is 0 Å². The van der Waals surface area contributed by atoms with Gasteiger partial charge in [-0.05, 0) is 18.1 Å². The first-order chi connectivity index (χ1) is 5.34. The van der Waals surface area contributed by atoms with Gasteiger partial charge in [0.05, 0.1) is 5.45 Å². The summed E-state index contributed by atoms with van der Waals surface area (Å²) in [7, 11) is 0. The highest BCUT2D eigenvalue weighted by molar-refractivity contribution is 9.09. The first-order valence-electron chi connectivity index (χ1n) is 3.66. The maximum Gasteiger partial charge on any atom is 0.0519 e. The van der Waals surface area contributed by atoms with E-state index in [1.165, 1.54) is 11.1 Å². The molecule has 0 aliphatic carbocycles. The van der Waals surface area contributed by atoms with Crippen LogP contribution in [0, 0.1) is 6.92 Å². The van der Waals surface area contributed by atoms with Crippen molar-refractivity contribution in [1.82, 2.24) is 5.32 Å². The molecule has 1 N–H and O–H groups in total. The average molecular weight is 214 g/mol. The topological polar surface area (TPSA) is 12.0 Å². The Hall–Kier alpha value is -0.340. The normalized spacial score (nSPS) is 10.0. The highest BCUT2D eigenvalue weighted by Crippen LogP contribution is 2.05. The van der Waals surface area contributed by atoms with E-state index < -0.39 is 0 Å². The predicted octanol–water partition coefficient (Wildman–Crippen LogP) is 2.44. The van der Waals surface area contributed by atoms with Crippen LogP contribution in [0.3, 0.4) is 0 Å². The fraction of sp³-hybridized carbons (Fsp3) is 0.333. The molecule has 0 radical (unpaired) electrons. The summed E-state index contributed by atoms with van der Waals surface area (Å²) in [5, 5.41) is 3.22. The molecule has 0 bridgehead atoms. The third-order valence-corrected chi connectivity index (χ3v) is 2.07. The summed E-state index contributed by atoms with van der Waals surface area (Å²) in [6, 6.07) is 8.40. The molecule has 11 heavy (non-hydrogen) atoms. The molecular formula is C9H12BrN. The van der Waals surface area contributed by atoms with Gasteiger partial charge in [-0.15, -0.1) is 0 Å². The molecule has 1 aromatic carbocycles. The minimum atomic E-state index is 0.849. The molecule has 0 spiro atoms. The van der Waals surface area contributed by atoms with Crippen LogP contribution < -0.4 is 5.32 Å². The van der Waals surface area contributed by atoms with Gasteiger partial charge in [0.25, 0.3) is 0 Å². The van der Waals surface area contributed by atoms with Crippen LogP contribution >= 0.6 is 15.9 Å². The third kappa shape index (κ3) is 2.64. The summed E-state index contributed by atoms with van der Waals surface area (Å²) in [6.45, 7) is 3.07. The molecule has 1 nitrogen and oxygen atoms in total. The predicted molar refractivity (Wildman–Crippen MR) is 51.8 cm³/mol. The number of aryl methyl sites for hydroxylation is 1. The molecule has 0 fully saturated rings. The minimum absolute atomic E-state index is 0.849. The zero-order valence-corrected chi connectivity index (χ0v) is 8.19. The van der Waals surface area contributed by atoms with Gasteiger partial charge in [-0.2, -0.15) is 0 Å². The molecule has 2 heteroatoms. The van der Waals surface area contributed by atoms with Crippen molar-refractivity contribution >= 4 is 15.9 Å². The molecule has 0 aliphatic heterocycles. The fourth-order valence-electron chi connectivity index (χ4n) is 0.990. The molecule has 1 aromatic rings. The fourth-order valence-corrected chi connectivity index (χ4v) is 1.19. The van der Waals surface area contributed by atoms with Crippen LogP contribution in [0.25, 0.3) is 0 Å². The lowest BCUT2D eigenvalue weighted by Crippen LogP contribution is -2.10. The van der Waals surface area contributed by atoms with Gasteiger partial charge in [0.15, 0.2) is 0 Å². The van der Waals surface area contributed by atoms with Crippen molar-refractivity contribution < 1.29 is 0 Å². The average Bonchev–Trinajstić information content (AvgIpc) is 2.03. The van der Waals surface area contributed by atoms with Crippen molar-refractivity contribution in [3.8, 4) is 0 Å². The van der Waals surface area contributed by atoms with E-state index in [4.69, 9.17) is 0 Å². The third-order valence-electron chi connectivity index (χ3n) is 1.67. The molecule has 1 rings (SSSR count). The van der Waals surface area contributed by atoms with E-state index in [-0.39, 0.29) is 0 Å². The summed E-state index contributed by atoms with van der Waals surface area (Å²) >= 11 is 3.32. The van der Waals surface area contributed by atoms with Crippen LogP contribution in [0.5, 0.6) is 0 Å². The molecule has 0 saturated heterocycles. The summed E-state index contributed by atoms with van der Waals surface area (Å²) in [5.74, 6) is 0. The molecule has 0 saturated carbocycles. The Labute approximate surface area is 75.9 Å². The summed E-state index contributed by atoms with van der Waals surface area (Å²) in [6.07, 6.45) is 0. The van der Waals surface area contributed by atoms with Gasteiger partial charge in [0.2, 0.25) is 0 Å². The molecule has 0 aliphatic rings. The van der Waals surface area contributed by atoms with E-state index in [2.05, 4.69) is 52.4 Å². The van der Waals surface area contributed by atoms with E-state index in [1.54, 1.807) is 0 Å². The van der Waals surface area contributed by atoms with Crippen molar-refractivity contribution in [2.75, 3.05) is 5.45 Å². The zero-order valence-electron chi connectivity index (χ0n) is 6.60. The van der Waals surface area contributed by atoms with Gasteiger partial charge in [-0.25, -0.2) is 0 Å².